The zero-order chi connectivity index (χ0) is 15.4. The Morgan fingerprint density at radius 1 is 1.33 bits per heavy atom. The molecule has 2 unspecified atom stereocenters. The first-order valence-corrected chi connectivity index (χ1v) is 7.64. The van der Waals surface area contributed by atoms with Gasteiger partial charge in [-0.3, -0.25) is 9.59 Å². The van der Waals surface area contributed by atoms with Gasteiger partial charge >= 0.3 is 5.97 Å². The Morgan fingerprint density at radius 2 is 2.05 bits per heavy atom. The first-order valence-electron chi connectivity index (χ1n) is 7.26. The summed E-state index contributed by atoms with van der Waals surface area (Å²) in [6, 6.07) is 5.12. The molecule has 2 atom stereocenters. The Bertz CT molecular complexity index is 544. The van der Waals surface area contributed by atoms with Crippen molar-refractivity contribution in [3.8, 4) is 0 Å². The largest absolute Gasteiger partial charge is 0.481 e. The smallest absolute Gasteiger partial charge is 0.306 e. The van der Waals surface area contributed by atoms with E-state index in [2.05, 4.69) is 5.32 Å². The van der Waals surface area contributed by atoms with Gasteiger partial charge in [-0.15, -0.1) is 0 Å². The Morgan fingerprint density at radius 3 is 2.71 bits per heavy atom. The van der Waals surface area contributed by atoms with Crippen molar-refractivity contribution in [3.63, 3.8) is 0 Å². The summed E-state index contributed by atoms with van der Waals surface area (Å²) in [5.74, 6) is -1.25. The number of carbonyl (C=O) groups excluding carboxylic acids is 1. The number of aryl methyl sites for hydroxylation is 1. The van der Waals surface area contributed by atoms with Gasteiger partial charge in [-0.25, -0.2) is 0 Å². The maximum Gasteiger partial charge on any atom is 0.306 e. The Balaban J connectivity index is 1.96. The standard InChI is InChI=1S/C16H20ClNO3/c1-10-8-11(6-7-14(10)17)15(19)18-9-12-4-2-3-5-13(12)16(20)21/h6-8,12-13H,2-5,9H2,1H3,(H,18,19)(H,20,21). The second kappa shape index (κ2) is 6.94. The number of aliphatic carboxylic acids is 1. The highest BCUT2D eigenvalue weighted by Crippen LogP contribution is 2.29. The van der Waals surface area contributed by atoms with Crippen LogP contribution < -0.4 is 5.32 Å². The van der Waals surface area contributed by atoms with Gasteiger partial charge in [0.25, 0.3) is 5.91 Å². The number of carboxylic acids is 1. The molecule has 2 rings (SSSR count). The fourth-order valence-corrected chi connectivity index (χ4v) is 3.01. The summed E-state index contributed by atoms with van der Waals surface area (Å²) in [7, 11) is 0. The third kappa shape index (κ3) is 3.97. The molecule has 1 amide bonds. The van der Waals surface area contributed by atoms with Crippen LogP contribution in [0.25, 0.3) is 0 Å². The van der Waals surface area contributed by atoms with Crippen molar-refractivity contribution in [3.05, 3.63) is 34.3 Å². The highest BCUT2D eigenvalue weighted by molar-refractivity contribution is 6.31. The molecule has 1 saturated carbocycles. The summed E-state index contributed by atoms with van der Waals surface area (Å²) in [6.07, 6.45) is 3.55. The van der Waals surface area contributed by atoms with Gasteiger partial charge in [0.05, 0.1) is 5.92 Å². The average molecular weight is 310 g/mol. The molecule has 4 nitrogen and oxygen atoms in total. The molecule has 5 heteroatoms. The monoisotopic (exact) mass is 309 g/mol. The lowest BCUT2D eigenvalue weighted by Gasteiger charge is -2.28. The molecule has 0 spiro atoms. The molecular formula is C16H20ClNO3. The molecular weight excluding hydrogens is 290 g/mol. The number of halogens is 1. The first kappa shape index (κ1) is 15.8. The number of benzene rings is 1. The molecule has 0 bridgehead atoms. The van der Waals surface area contributed by atoms with Gasteiger partial charge in [-0.1, -0.05) is 24.4 Å². The van der Waals surface area contributed by atoms with Gasteiger partial charge in [0.2, 0.25) is 0 Å². The summed E-state index contributed by atoms with van der Waals surface area (Å²) in [5, 5.41) is 12.7. The van der Waals surface area contributed by atoms with Crippen molar-refractivity contribution < 1.29 is 14.7 Å². The van der Waals surface area contributed by atoms with Gasteiger partial charge in [0.1, 0.15) is 0 Å². The lowest BCUT2D eigenvalue weighted by atomic mass is 9.79. The molecule has 114 valence electrons. The van der Waals surface area contributed by atoms with E-state index in [1.54, 1.807) is 18.2 Å². The van der Waals surface area contributed by atoms with E-state index in [0.29, 0.717) is 23.6 Å². The molecule has 0 aliphatic heterocycles. The highest BCUT2D eigenvalue weighted by atomic mass is 35.5. The SMILES string of the molecule is Cc1cc(C(=O)NCC2CCCCC2C(=O)O)ccc1Cl. The zero-order valence-corrected chi connectivity index (χ0v) is 12.8. The second-order valence-electron chi connectivity index (χ2n) is 5.66. The van der Waals surface area contributed by atoms with E-state index in [1.165, 1.54) is 0 Å². The van der Waals surface area contributed by atoms with E-state index < -0.39 is 5.97 Å². The molecule has 1 aromatic carbocycles. The number of nitrogens with one attached hydrogen (secondary N) is 1. The number of hydrogen-bond donors (Lipinski definition) is 2. The average Bonchev–Trinajstić information content (AvgIpc) is 2.47. The van der Waals surface area contributed by atoms with E-state index in [9.17, 15) is 14.7 Å². The maximum atomic E-state index is 12.1. The molecule has 0 saturated heterocycles. The van der Waals surface area contributed by atoms with Crippen LogP contribution in [-0.2, 0) is 4.79 Å². The predicted molar refractivity (Wildman–Crippen MR) is 81.6 cm³/mol. The Kier molecular flexibility index (Phi) is 5.23. The van der Waals surface area contributed by atoms with Crippen LogP contribution in [0.15, 0.2) is 18.2 Å². The molecule has 1 aromatic rings. The topological polar surface area (TPSA) is 66.4 Å². The van der Waals surface area contributed by atoms with Crippen LogP contribution in [0, 0.1) is 18.8 Å². The minimum atomic E-state index is -0.753. The Hall–Kier alpha value is -1.55. The number of rotatable bonds is 4. The number of carboxylic acid groups (broad SMARTS) is 1. The molecule has 1 fully saturated rings. The van der Waals surface area contributed by atoms with Gasteiger partial charge in [0, 0.05) is 17.1 Å². The second-order valence-corrected chi connectivity index (χ2v) is 6.07. The first-order chi connectivity index (χ1) is 9.99. The summed E-state index contributed by atoms with van der Waals surface area (Å²) in [6.45, 7) is 2.26. The third-order valence-corrected chi connectivity index (χ3v) is 4.60. The van der Waals surface area contributed by atoms with Crippen LogP contribution in [0.2, 0.25) is 5.02 Å². The quantitative estimate of drug-likeness (QED) is 0.897. The molecule has 0 aromatic heterocycles. The third-order valence-electron chi connectivity index (χ3n) is 4.17. The number of hydrogen-bond acceptors (Lipinski definition) is 2. The van der Waals surface area contributed by atoms with Crippen molar-refractivity contribution in [1.29, 1.82) is 0 Å². The van der Waals surface area contributed by atoms with Crippen molar-refractivity contribution >= 4 is 23.5 Å². The van der Waals surface area contributed by atoms with E-state index in [1.807, 2.05) is 6.92 Å². The zero-order valence-electron chi connectivity index (χ0n) is 12.1. The fraction of sp³-hybridized carbons (Fsp3) is 0.500. The molecule has 21 heavy (non-hydrogen) atoms. The number of carbonyl (C=O) groups is 2. The maximum absolute atomic E-state index is 12.1. The summed E-state index contributed by atoms with van der Waals surface area (Å²) < 4.78 is 0. The Labute approximate surface area is 129 Å². The van der Waals surface area contributed by atoms with Crippen molar-refractivity contribution in [1.82, 2.24) is 5.32 Å². The van der Waals surface area contributed by atoms with E-state index in [0.717, 1.165) is 24.8 Å². The van der Waals surface area contributed by atoms with Crippen LogP contribution >= 0.6 is 11.6 Å². The van der Waals surface area contributed by atoms with Crippen LogP contribution in [0.3, 0.4) is 0 Å². The van der Waals surface area contributed by atoms with Crippen molar-refractivity contribution in [2.45, 2.75) is 32.6 Å². The minimum absolute atomic E-state index is 0.0218. The molecule has 0 heterocycles. The summed E-state index contributed by atoms with van der Waals surface area (Å²) in [4.78, 5) is 23.4. The summed E-state index contributed by atoms with van der Waals surface area (Å²) >= 11 is 5.94. The minimum Gasteiger partial charge on any atom is -0.481 e. The molecule has 2 N–H and O–H groups in total. The van der Waals surface area contributed by atoms with Gasteiger partial charge in [-0.2, -0.15) is 0 Å². The lowest BCUT2D eigenvalue weighted by molar-refractivity contribution is -0.144. The van der Waals surface area contributed by atoms with Crippen LogP contribution in [0.4, 0.5) is 0 Å². The van der Waals surface area contributed by atoms with Gasteiger partial charge in [-0.05, 0) is 49.4 Å². The predicted octanol–water partition coefficient (Wildman–Crippen LogP) is 3.27. The van der Waals surface area contributed by atoms with E-state index >= 15 is 0 Å². The van der Waals surface area contributed by atoms with Crippen LogP contribution in [0.5, 0.6) is 0 Å². The normalized spacial score (nSPS) is 21.8. The van der Waals surface area contributed by atoms with E-state index in [4.69, 9.17) is 11.6 Å². The van der Waals surface area contributed by atoms with Crippen molar-refractivity contribution in [2.24, 2.45) is 11.8 Å². The molecule has 1 aliphatic rings. The van der Waals surface area contributed by atoms with Crippen molar-refractivity contribution in [2.75, 3.05) is 6.54 Å². The molecule has 0 radical (unpaired) electrons. The molecule has 1 aliphatic carbocycles. The highest BCUT2D eigenvalue weighted by Gasteiger charge is 2.30. The number of amides is 1. The van der Waals surface area contributed by atoms with Crippen LogP contribution in [-0.4, -0.2) is 23.5 Å². The summed E-state index contributed by atoms with van der Waals surface area (Å²) in [5.41, 5.74) is 1.41. The van der Waals surface area contributed by atoms with Crippen LogP contribution in [0.1, 0.15) is 41.6 Å². The van der Waals surface area contributed by atoms with Gasteiger partial charge < -0.3 is 10.4 Å². The van der Waals surface area contributed by atoms with E-state index in [-0.39, 0.29) is 17.7 Å². The fourth-order valence-electron chi connectivity index (χ4n) is 2.89. The van der Waals surface area contributed by atoms with Gasteiger partial charge in [0.15, 0.2) is 0 Å². The lowest BCUT2D eigenvalue weighted by Crippen LogP contribution is -2.37.